The van der Waals surface area contributed by atoms with Gasteiger partial charge >= 0.3 is 18.1 Å². The molecule has 2 heterocycles. The van der Waals surface area contributed by atoms with Gasteiger partial charge in [-0.3, -0.25) is 0 Å². The van der Waals surface area contributed by atoms with Crippen molar-refractivity contribution in [3.8, 4) is 5.75 Å². The lowest BCUT2D eigenvalue weighted by Crippen LogP contribution is -2.37. The van der Waals surface area contributed by atoms with E-state index in [2.05, 4.69) is 21.3 Å². The number of urea groups is 1. The van der Waals surface area contributed by atoms with Gasteiger partial charge in [0.25, 0.3) is 0 Å². The van der Waals surface area contributed by atoms with Crippen LogP contribution in [0.5, 0.6) is 5.75 Å². The molecule has 0 aromatic heterocycles. The van der Waals surface area contributed by atoms with E-state index in [-0.39, 0.29) is 19.8 Å². The average Bonchev–Trinajstić information content (AvgIpc) is 3.59. The molecule has 0 radical (unpaired) electrons. The molecule has 2 atom stereocenters. The third-order valence-electron chi connectivity index (χ3n) is 5.55. The number of amides is 3. The third kappa shape index (κ3) is 7.27. The number of carbonyl (C=O) groups excluding carboxylic acids is 2. The number of alkyl carbamates (subject to hydrolysis) is 1. The molecular formula is C25H28N4O9. The van der Waals surface area contributed by atoms with Crippen molar-refractivity contribution in [2.45, 2.75) is 18.8 Å². The molecule has 13 heteroatoms. The second-order valence-electron chi connectivity index (χ2n) is 8.27. The molecule has 1 saturated heterocycles. The van der Waals surface area contributed by atoms with Gasteiger partial charge < -0.3 is 50.1 Å². The van der Waals surface area contributed by atoms with Crippen molar-refractivity contribution in [2.75, 3.05) is 44.3 Å². The second kappa shape index (κ2) is 12.7. The van der Waals surface area contributed by atoms with Gasteiger partial charge in [-0.05, 0) is 29.8 Å². The molecule has 38 heavy (non-hydrogen) atoms. The maximum Gasteiger partial charge on any atom is 0.407 e. The SMILES string of the molecule is COc1cc(NC(=O)Nc2cccc(CNC(=O)OC3COCC3OCC(=O)O)c2)ccc1C1=CNCO1. The molecule has 3 amide bonds. The van der Waals surface area contributed by atoms with Crippen molar-refractivity contribution in [1.29, 1.82) is 0 Å². The normalized spacial score (nSPS) is 18.0. The Balaban J connectivity index is 1.27. The monoisotopic (exact) mass is 528 g/mol. The van der Waals surface area contributed by atoms with E-state index in [0.717, 1.165) is 5.56 Å². The molecule has 2 aromatic carbocycles. The zero-order valence-electron chi connectivity index (χ0n) is 20.5. The number of anilines is 2. The molecule has 2 aliphatic heterocycles. The van der Waals surface area contributed by atoms with Crippen LogP contribution in [0.25, 0.3) is 5.76 Å². The first-order valence-electron chi connectivity index (χ1n) is 11.7. The van der Waals surface area contributed by atoms with E-state index in [1.807, 2.05) is 0 Å². The van der Waals surface area contributed by atoms with Gasteiger partial charge in [0, 0.05) is 30.2 Å². The Bertz CT molecular complexity index is 1200. The maximum atomic E-state index is 12.6. The molecule has 2 unspecified atom stereocenters. The summed E-state index contributed by atoms with van der Waals surface area (Å²) in [5.41, 5.74) is 2.51. The first-order chi connectivity index (χ1) is 18.4. The highest BCUT2D eigenvalue weighted by Gasteiger charge is 2.33. The number of carboxylic acids is 1. The first kappa shape index (κ1) is 26.6. The minimum Gasteiger partial charge on any atom is -0.496 e. The summed E-state index contributed by atoms with van der Waals surface area (Å²) in [4.78, 5) is 35.5. The Morgan fingerprint density at radius 3 is 2.61 bits per heavy atom. The standard InChI is InChI=1S/C25H28N4O9/c1-34-19-8-17(5-6-18(19)20-10-26-14-37-20)29-24(32)28-16-4-2-3-15(7-16)9-27-25(33)38-22-12-35-11-21(22)36-13-23(30)31/h2-8,10,21-22,26H,9,11-14H2,1H3,(H,27,33)(H,30,31)(H2,28,29,32). The first-order valence-corrected chi connectivity index (χ1v) is 11.7. The van der Waals surface area contributed by atoms with Crippen LogP contribution in [0.4, 0.5) is 21.0 Å². The van der Waals surface area contributed by atoms with Crippen LogP contribution in [0.2, 0.25) is 0 Å². The fraction of sp³-hybridized carbons (Fsp3) is 0.320. The summed E-state index contributed by atoms with van der Waals surface area (Å²) >= 11 is 0. The lowest BCUT2D eigenvalue weighted by Gasteiger charge is -2.18. The number of ether oxygens (including phenoxy) is 5. The minimum atomic E-state index is -1.12. The lowest BCUT2D eigenvalue weighted by atomic mass is 10.1. The number of carbonyl (C=O) groups is 3. The summed E-state index contributed by atoms with van der Waals surface area (Å²) in [7, 11) is 1.54. The van der Waals surface area contributed by atoms with Crippen LogP contribution in [0.15, 0.2) is 48.7 Å². The molecule has 0 aliphatic carbocycles. The maximum absolute atomic E-state index is 12.6. The summed E-state index contributed by atoms with van der Waals surface area (Å²) in [5, 5.41) is 19.8. The third-order valence-corrected chi connectivity index (χ3v) is 5.55. The quantitative estimate of drug-likeness (QED) is 0.309. The number of benzene rings is 2. The van der Waals surface area contributed by atoms with Crippen molar-refractivity contribution in [3.63, 3.8) is 0 Å². The summed E-state index contributed by atoms with van der Waals surface area (Å²) < 4.78 is 26.6. The van der Waals surface area contributed by atoms with E-state index in [4.69, 9.17) is 28.8 Å². The van der Waals surface area contributed by atoms with E-state index in [1.54, 1.807) is 48.7 Å². The topological polar surface area (TPSA) is 166 Å². The van der Waals surface area contributed by atoms with Gasteiger partial charge in [0.2, 0.25) is 0 Å². The van der Waals surface area contributed by atoms with Crippen LogP contribution in [0, 0.1) is 0 Å². The summed E-state index contributed by atoms with van der Waals surface area (Å²) in [5.74, 6) is 0.0710. The van der Waals surface area contributed by atoms with E-state index in [0.29, 0.717) is 35.2 Å². The zero-order valence-corrected chi connectivity index (χ0v) is 20.5. The predicted molar refractivity (Wildman–Crippen MR) is 134 cm³/mol. The highest BCUT2D eigenvalue weighted by molar-refractivity contribution is 6.00. The molecule has 0 bridgehead atoms. The molecule has 0 saturated carbocycles. The summed E-state index contributed by atoms with van der Waals surface area (Å²) in [6, 6.07) is 11.7. The van der Waals surface area contributed by atoms with Crippen molar-refractivity contribution in [3.05, 3.63) is 59.8 Å². The Morgan fingerprint density at radius 1 is 1.08 bits per heavy atom. The predicted octanol–water partition coefficient (Wildman–Crippen LogP) is 2.31. The van der Waals surface area contributed by atoms with E-state index in [9.17, 15) is 14.4 Å². The van der Waals surface area contributed by atoms with Crippen molar-refractivity contribution in [1.82, 2.24) is 10.6 Å². The number of carboxylic acid groups (broad SMARTS) is 1. The number of methoxy groups -OCH3 is 1. The summed E-state index contributed by atoms with van der Waals surface area (Å²) in [6.07, 6.45) is -0.315. The number of hydrogen-bond donors (Lipinski definition) is 5. The van der Waals surface area contributed by atoms with Crippen LogP contribution < -0.4 is 26.0 Å². The smallest absolute Gasteiger partial charge is 0.407 e. The fourth-order valence-electron chi connectivity index (χ4n) is 3.79. The highest BCUT2D eigenvalue weighted by Crippen LogP contribution is 2.30. The Hall–Kier alpha value is -4.49. The fourth-order valence-corrected chi connectivity index (χ4v) is 3.79. The molecule has 0 spiro atoms. The molecule has 13 nitrogen and oxygen atoms in total. The molecule has 2 aliphatic rings. The zero-order chi connectivity index (χ0) is 26.9. The molecule has 5 N–H and O–H groups in total. The second-order valence-corrected chi connectivity index (χ2v) is 8.27. The molecule has 202 valence electrons. The highest BCUT2D eigenvalue weighted by atomic mass is 16.6. The van der Waals surface area contributed by atoms with Crippen LogP contribution in [-0.2, 0) is 30.3 Å². The number of aliphatic carboxylic acids is 1. The van der Waals surface area contributed by atoms with Gasteiger partial charge in [0.1, 0.15) is 24.2 Å². The number of hydrogen-bond acceptors (Lipinski definition) is 9. The molecule has 2 aromatic rings. The number of rotatable bonds is 10. The Labute approximate surface area is 218 Å². The van der Waals surface area contributed by atoms with Crippen molar-refractivity contribution in [2.24, 2.45) is 0 Å². The number of nitrogens with one attached hydrogen (secondary N) is 4. The largest absolute Gasteiger partial charge is 0.496 e. The van der Waals surface area contributed by atoms with Crippen molar-refractivity contribution < 1.29 is 43.2 Å². The summed E-state index contributed by atoms with van der Waals surface area (Å²) in [6.45, 7) is 0.268. The van der Waals surface area contributed by atoms with Gasteiger partial charge in [0.05, 0.1) is 25.9 Å². The van der Waals surface area contributed by atoms with Crippen LogP contribution in [-0.4, -0.2) is 69.1 Å². The molecular weight excluding hydrogens is 500 g/mol. The van der Waals surface area contributed by atoms with Crippen molar-refractivity contribution >= 4 is 35.2 Å². The minimum absolute atomic E-state index is 0.115. The Kier molecular flexibility index (Phi) is 8.85. The molecule has 4 rings (SSSR count). The van der Waals surface area contributed by atoms with E-state index >= 15 is 0 Å². The van der Waals surface area contributed by atoms with Crippen LogP contribution >= 0.6 is 0 Å². The van der Waals surface area contributed by atoms with Crippen LogP contribution in [0.3, 0.4) is 0 Å². The van der Waals surface area contributed by atoms with Gasteiger partial charge in [-0.25, -0.2) is 14.4 Å². The van der Waals surface area contributed by atoms with E-state index < -0.39 is 36.9 Å². The van der Waals surface area contributed by atoms with Gasteiger partial charge in [-0.1, -0.05) is 12.1 Å². The van der Waals surface area contributed by atoms with Gasteiger partial charge in [-0.15, -0.1) is 0 Å². The van der Waals surface area contributed by atoms with Gasteiger partial charge in [-0.2, -0.15) is 0 Å². The lowest BCUT2D eigenvalue weighted by molar-refractivity contribution is -0.145. The van der Waals surface area contributed by atoms with Crippen LogP contribution in [0.1, 0.15) is 11.1 Å². The van der Waals surface area contributed by atoms with E-state index in [1.165, 1.54) is 7.11 Å². The Morgan fingerprint density at radius 2 is 1.87 bits per heavy atom. The average molecular weight is 529 g/mol. The molecule has 1 fully saturated rings. The van der Waals surface area contributed by atoms with Gasteiger partial charge in [0.15, 0.2) is 12.8 Å².